The molecular weight excluding hydrogens is 227 g/mol. The lowest BCUT2D eigenvalue weighted by atomic mass is 10.3. The van der Waals surface area contributed by atoms with E-state index in [1.54, 1.807) is 6.07 Å². The Hall–Kier alpha value is -1.50. The molecule has 0 aromatic heterocycles. The molecule has 17 heavy (non-hydrogen) atoms. The van der Waals surface area contributed by atoms with E-state index < -0.39 is 17.8 Å². The van der Waals surface area contributed by atoms with Crippen molar-refractivity contribution in [2.24, 2.45) is 0 Å². The van der Waals surface area contributed by atoms with Crippen LogP contribution in [0.3, 0.4) is 0 Å². The van der Waals surface area contributed by atoms with Gasteiger partial charge in [-0.1, -0.05) is 12.1 Å². The van der Waals surface area contributed by atoms with E-state index in [0.717, 1.165) is 0 Å². The number of aliphatic hydroxyl groups excluding tert-OH is 2. The summed E-state index contributed by atoms with van der Waals surface area (Å²) in [6.07, 6.45) is 0. The highest BCUT2D eigenvalue weighted by Gasteiger charge is 2.09. The van der Waals surface area contributed by atoms with Gasteiger partial charge in [0.2, 0.25) is 5.91 Å². The van der Waals surface area contributed by atoms with E-state index in [1.165, 1.54) is 18.2 Å². The Balaban J connectivity index is 2.42. The number of halogens is 1. The average molecular weight is 242 g/mol. The molecule has 0 aliphatic carbocycles. The van der Waals surface area contributed by atoms with Crippen LogP contribution in [0.2, 0.25) is 0 Å². The van der Waals surface area contributed by atoms with Crippen LogP contribution in [-0.4, -0.2) is 41.9 Å². The highest BCUT2D eigenvalue weighted by molar-refractivity contribution is 5.92. The van der Waals surface area contributed by atoms with Crippen LogP contribution >= 0.6 is 0 Å². The molecule has 0 bridgehead atoms. The van der Waals surface area contributed by atoms with Crippen LogP contribution in [0.5, 0.6) is 0 Å². The molecule has 0 aliphatic heterocycles. The summed E-state index contributed by atoms with van der Waals surface area (Å²) < 4.78 is 13.2. The zero-order valence-corrected chi connectivity index (χ0v) is 9.19. The first-order valence-electron chi connectivity index (χ1n) is 5.17. The molecule has 6 heteroatoms. The summed E-state index contributed by atoms with van der Waals surface area (Å²) in [5, 5.41) is 22.5. The number of rotatable bonds is 6. The summed E-state index contributed by atoms with van der Waals surface area (Å²) in [6.45, 7) is -0.660. The summed E-state index contributed by atoms with van der Waals surface area (Å²) in [5.41, 5.74) is 0.101. The van der Waals surface area contributed by atoms with Crippen molar-refractivity contribution in [2.75, 3.05) is 25.1 Å². The van der Waals surface area contributed by atoms with Crippen LogP contribution in [0.1, 0.15) is 0 Å². The molecule has 0 atom stereocenters. The number of para-hydroxylation sites is 1. The molecule has 5 nitrogen and oxygen atoms in total. The summed E-state index contributed by atoms with van der Waals surface area (Å²) in [5.74, 6) is -0.955. The second-order valence-electron chi connectivity index (χ2n) is 3.47. The highest BCUT2D eigenvalue weighted by Crippen LogP contribution is 2.11. The van der Waals surface area contributed by atoms with Crippen LogP contribution < -0.4 is 10.6 Å². The average Bonchev–Trinajstić information content (AvgIpc) is 2.33. The molecule has 0 heterocycles. The maximum Gasteiger partial charge on any atom is 0.238 e. The van der Waals surface area contributed by atoms with Gasteiger partial charge < -0.3 is 20.8 Å². The van der Waals surface area contributed by atoms with Crippen LogP contribution in [0, 0.1) is 5.82 Å². The number of carbonyl (C=O) groups excluding carboxylic acids is 1. The summed E-state index contributed by atoms with van der Waals surface area (Å²) in [6, 6.07) is 5.27. The van der Waals surface area contributed by atoms with E-state index in [-0.39, 0.29) is 25.4 Å². The number of nitrogens with one attached hydrogen (secondary N) is 2. The van der Waals surface area contributed by atoms with Crippen molar-refractivity contribution in [3.63, 3.8) is 0 Å². The van der Waals surface area contributed by atoms with Crippen molar-refractivity contribution in [3.05, 3.63) is 30.1 Å². The van der Waals surface area contributed by atoms with Gasteiger partial charge in [0.15, 0.2) is 0 Å². The van der Waals surface area contributed by atoms with E-state index in [1.807, 2.05) is 0 Å². The van der Waals surface area contributed by atoms with Gasteiger partial charge >= 0.3 is 0 Å². The number of hydrogen-bond acceptors (Lipinski definition) is 4. The predicted octanol–water partition coefficient (Wildman–Crippen LogP) is -0.293. The third-order valence-electron chi connectivity index (χ3n) is 2.14. The first-order valence-corrected chi connectivity index (χ1v) is 5.17. The maximum atomic E-state index is 13.2. The third-order valence-corrected chi connectivity index (χ3v) is 2.14. The van der Waals surface area contributed by atoms with Gasteiger partial charge in [-0.3, -0.25) is 4.79 Å². The fourth-order valence-corrected chi connectivity index (χ4v) is 1.18. The van der Waals surface area contributed by atoms with E-state index in [2.05, 4.69) is 10.6 Å². The highest BCUT2D eigenvalue weighted by atomic mass is 19.1. The smallest absolute Gasteiger partial charge is 0.238 e. The van der Waals surface area contributed by atoms with Gasteiger partial charge in [0.1, 0.15) is 5.82 Å². The molecule has 1 amide bonds. The van der Waals surface area contributed by atoms with Crippen molar-refractivity contribution in [1.29, 1.82) is 0 Å². The number of anilines is 1. The van der Waals surface area contributed by atoms with Gasteiger partial charge in [-0.25, -0.2) is 4.39 Å². The van der Waals surface area contributed by atoms with Crippen LogP contribution in [-0.2, 0) is 4.79 Å². The molecule has 0 radical (unpaired) electrons. The van der Waals surface area contributed by atoms with Crippen molar-refractivity contribution < 1.29 is 19.4 Å². The summed E-state index contributed by atoms with van der Waals surface area (Å²) >= 11 is 0. The molecule has 0 aliphatic rings. The Bertz CT molecular complexity index is 369. The Labute approximate surface area is 98.3 Å². The van der Waals surface area contributed by atoms with E-state index in [0.29, 0.717) is 0 Å². The number of carbonyl (C=O) groups is 1. The first-order chi connectivity index (χ1) is 8.17. The molecule has 0 fully saturated rings. The monoisotopic (exact) mass is 242 g/mol. The van der Waals surface area contributed by atoms with E-state index in [9.17, 15) is 9.18 Å². The standard InChI is InChI=1S/C11H15FN2O3/c12-9-3-1-2-4-10(9)14-11(17)5-13-8(6-15)7-16/h1-4,8,13,15-16H,5-7H2,(H,14,17). The zero-order chi connectivity index (χ0) is 12.7. The largest absolute Gasteiger partial charge is 0.395 e. The Morgan fingerprint density at radius 2 is 1.94 bits per heavy atom. The molecule has 94 valence electrons. The molecule has 4 N–H and O–H groups in total. The molecule has 1 rings (SSSR count). The van der Waals surface area contributed by atoms with Gasteiger partial charge in [0.05, 0.1) is 31.5 Å². The molecule has 0 unspecified atom stereocenters. The minimum absolute atomic E-state index is 0.101. The van der Waals surface area contributed by atoms with Crippen molar-refractivity contribution in [1.82, 2.24) is 5.32 Å². The molecule has 1 aromatic rings. The Morgan fingerprint density at radius 3 is 2.53 bits per heavy atom. The number of hydrogen-bond donors (Lipinski definition) is 4. The number of benzene rings is 1. The quantitative estimate of drug-likeness (QED) is 0.552. The lowest BCUT2D eigenvalue weighted by Gasteiger charge is -2.13. The maximum absolute atomic E-state index is 13.2. The van der Waals surface area contributed by atoms with Crippen molar-refractivity contribution in [2.45, 2.75) is 6.04 Å². The SMILES string of the molecule is O=C(CNC(CO)CO)Nc1ccccc1F. The first kappa shape index (κ1) is 13.6. The lowest BCUT2D eigenvalue weighted by molar-refractivity contribution is -0.115. The normalized spacial score (nSPS) is 10.6. The fraction of sp³-hybridized carbons (Fsp3) is 0.364. The number of aliphatic hydroxyl groups is 2. The Kier molecular flexibility index (Phi) is 5.55. The fourth-order valence-electron chi connectivity index (χ4n) is 1.18. The van der Waals surface area contributed by atoms with Gasteiger partial charge in [0, 0.05) is 0 Å². The predicted molar refractivity (Wildman–Crippen MR) is 61.0 cm³/mol. The second kappa shape index (κ2) is 6.95. The minimum Gasteiger partial charge on any atom is -0.395 e. The second-order valence-corrected chi connectivity index (χ2v) is 3.47. The van der Waals surface area contributed by atoms with Gasteiger partial charge in [0.25, 0.3) is 0 Å². The van der Waals surface area contributed by atoms with Crippen LogP contribution in [0.15, 0.2) is 24.3 Å². The third kappa shape index (κ3) is 4.48. The van der Waals surface area contributed by atoms with Crippen LogP contribution in [0.25, 0.3) is 0 Å². The Morgan fingerprint density at radius 1 is 1.29 bits per heavy atom. The van der Waals surface area contributed by atoms with Gasteiger partial charge in [-0.2, -0.15) is 0 Å². The summed E-state index contributed by atoms with van der Waals surface area (Å²) in [7, 11) is 0. The van der Waals surface area contributed by atoms with Crippen molar-refractivity contribution in [3.8, 4) is 0 Å². The molecule has 0 saturated heterocycles. The molecule has 0 spiro atoms. The topological polar surface area (TPSA) is 81.6 Å². The molecule has 1 aromatic carbocycles. The zero-order valence-electron chi connectivity index (χ0n) is 9.19. The molecular formula is C11H15FN2O3. The van der Waals surface area contributed by atoms with Gasteiger partial charge in [-0.05, 0) is 12.1 Å². The number of amides is 1. The van der Waals surface area contributed by atoms with Gasteiger partial charge in [-0.15, -0.1) is 0 Å². The van der Waals surface area contributed by atoms with E-state index in [4.69, 9.17) is 10.2 Å². The van der Waals surface area contributed by atoms with Crippen LogP contribution in [0.4, 0.5) is 10.1 Å². The van der Waals surface area contributed by atoms with E-state index >= 15 is 0 Å². The molecule has 0 saturated carbocycles. The minimum atomic E-state index is -0.554. The lowest BCUT2D eigenvalue weighted by Crippen LogP contribution is -2.40. The van der Waals surface area contributed by atoms with Crippen molar-refractivity contribution >= 4 is 11.6 Å². The summed E-state index contributed by atoms with van der Waals surface area (Å²) in [4.78, 5) is 11.4.